The van der Waals surface area contributed by atoms with Crippen LogP contribution in [0.15, 0.2) is 0 Å². The quantitative estimate of drug-likeness (QED) is 0.460. The van der Waals surface area contributed by atoms with Gasteiger partial charge in [-0.3, -0.25) is 9.32 Å². The zero-order valence-electron chi connectivity index (χ0n) is 7.58. The van der Waals surface area contributed by atoms with E-state index in [1.165, 1.54) is 6.92 Å². The molecule has 0 saturated carbocycles. The number of phosphoric ester groups is 1. The fraction of sp³-hybridized carbons (Fsp3) is 0.833. The molecule has 7 nitrogen and oxygen atoms in total. The molecule has 84 valence electrons. The average molecular weight is 228 g/mol. The van der Waals surface area contributed by atoms with E-state index in [9.17, 15) is 9.36 Å². The number of carboxylic acid groups (broad SMARTS) is 1. The molecule has 0 aromatic rings. The monoisotopic (exact) mass is 228 g/mol. The van der Waals surface area contributed by atoms with E-state index in [1.54, 1.807) is 0 Å². The fourth-order valence-corrected chi connectivity index (χ4v) is 1.74. The Kier molecular flexibility index (Phi) is 4.70. The molecule has 0 bridgehead atoms. The Bertz CT molecular complexity index is 247. The number of carbonyl (C=O) groups is 1. The molecule has 0 saturated heterocycles. The number of rotatable bonds is 6. The van der Waals surface area contributed by atoms with Crippen LogP contribution in [0.25, 0.3) is 0 Å². The molecule has 0 fully saturated rings. The second-order valence-corrected chi connectivity index (χ2v) is 4.24. The highest BCUT2D eigenvalue weighted by Crippen LogP contribution is 2.43. The SMILES string of the molecule is CC(CCO)(CC(=O)O)OP(=O)(O)O. The van der Waals surface area contributed by atoms with E-state index in [0.29, 0.717) is 0 Å². The lowest BCUT2D eigenvalue weighted by molar-refractivity contribution is -0.141. The Balaban J connectivity index is 4.54. The van der Waals surface area contributed by atoms with Crippen molar-refractivity contribution in [3.05, 3.63) is 0 Å². The van der Waals surface area contributed by atoms with E-state index in [0.717, 1.165) is 0 Å². The molecule has 0 aromatic heterocycles. The van der Waals surface area contributed by atoms with Gasteiger partial charge in [-0.15, -0.1) is 0 Å². The van der Waals surface area contributed by atoms with E-state index in [-0.39, 0.29) is 6.42 Å². The summed E-state index contributed by atoms with van der Waals surface area (Å²) in [6, 6.07) is 0. The van der Waals surface area contributed by atoms with E-state index in [4.69, 9.17) is 20.0 Å². The summed E-state index contributed by atoms with van der Waals surface area (Å²) in [6.45, 7) is 0.806. The number of hydrogen-bond donors (Lipinski definition) is 4. The van der Waals surface area contributed by atoms with Crippen LogP contribution in [0.3, 0.4) is 0 Å². The van der Waals surface area contributed by atoms with Crippen LogP contribution in [-0.2, 0) is 13.9 Å². The molecule has 0 amide bonds. The van der Waals surface area contributed by atoms with Crippen LogP contribution in [0, 0.1) is 0 Å². The third-order valence-electron chi connectivity index (χ3n) is 1.51. The Labute approximate surface area is 80.6 Å². The van der Waals surface area contributed by atoms with Gasteiger partial charge in [0.1, 0.15) is 0 Å². The Hall–Kier alpha value is -0.460. The fourth-order valence-electron chi connectivity index (χ4n) is 1.01. The molecule has 4 N–H and O–H groups in total. The summed E-state index contributed by atoms with van der Waals surface area (Å²) in [5.41, 5.74) is -1.56. The molecular formula is C6H13O7P. The highest BCUT2D eigenvalue weighted by Gasteiger charge is 2.35. The van der Waals surface area contributed by atoms with Crippen molar-refractivity contribution in [1.82, 2.24) is 0 Å². The van der Waals surface area contributed by atoms with Crippen LogP contribution in [0.2, 0.25) is 0 Å². The van der Waals surface area contributed by atoms with Crippen LogP contribution in [0.5, 0.6) is 0 Å². The van der Waals surface area contributed by atoms with Gasteiger partial charge in [-0.1, -0.05) is 0 Å². The number of hydrogen-bond acceptors (Lipinski definition) is 4. The molecule has 1 atom stereocenters. The molecule has 0 aliphatic heterocycles. The molecular weight excluding hydrogens is 215 g/mol. The minimum Gasteiger partial charge on any atom is -0.481 e. The van der Waals surface area contributed by atoms with E-state index < -0.39 is 32.4 Å². The van der Waals surface area contributed by atoms with E-state index >= 15 is 0 Å². The normalized spacial score (nSPS) is 16.3. The van der Waals surface area contributed by atoms with Crippen molar-refractivity contribution in [2.24, 2.45) is 0 Å². The number of aliphatic hydroxyl groups excluding tert-OH is 1. The van der Waals surface area contributed by atoms with E-state index in [1.807, 2.05) is 0 Å². The standard InChI is InChI=1S/C6H13O7P/c1-6(2-3-7,4-5(8)9)13-14(10,11)12/h7H,2-4H2,1H3,(H,8,9)(H2,10,11,12). The molecule has 0 radical (unpaired) electrons. The molecule has 0 heterocycles. The lowest BCUT2D eigenvalue weighted by atomic mass is 9.99. The topological polar surface area (TPSA) is 124 Å². The summed E-state index contributed by atoms with van der Waals surface area (Å²) in [4.78, 5) is 27.4. The lowest BCUT2D eigenvalue weighted by Crippen LogP contribution is -2.32. The summed E-state index contributed by atoms with van der Waals surface area (Å²) in [7, 11) is -4.75. The Morgan fingerprint density at radius 1 is 1.50 bits per heavy atom. The van der Waals surface area contributed by atoms with Crippen LogP contribution in [0.1, 0.15) is 19.8 Å². The summed E-state index contributed by atoms with van der Waals surface area (Å²) in [6.07, 6.45) is -0.747. The zero-order chi connectivity index (χ0) is 11.4. The van der Waals surface area contributed by atoms with Crippen LogP contribution < -0.4 is 0 Å². The third kappa shape index (κ3) is 6.06. The first-order chi connectivity index (χ1) is 6.18. The van der Waals surface area contributed by atoms with Gasteiger partial charge in [0.15, 0.2) is 0 Å². The molecule has 14 heavy (non-hydrogen) atoms. The second kappa shape index (κ2) is 4.86. The number of phosphoric acid groups is 1. The van der Waals surface area contributed by atoms with E-state index in [2.05, 4.69) is 4.52 Å². The summed E-state index contributed by atoms with van der Waals surface area (Å²) in [5.74, 6) is -1.26. The lowest BCUT2D eigenvalue weighted by Gasteiger charge is -2.27. The average Bonchev–Trinajstić information content (AvgIpc) is 1.78. The molecule has 0 aromatic carbocycles. The predicted molar refractivity (Wildman–Crippen MR) is 45.5 cm³/mol. The van der Waals surface area contributed by atoms with Gasteiger partial charge >= 0.3 is 13.8 Å². The summed E-state index contributed by atoms with van der Waals surface area (Å²) in [5, 5.41) is 17.0. The number of carboxylic acids is 1. The summed E-state index contributed by atoms with van der Waals surface area (Å²) >= 11 is 0. The maximum Gasteiger partial charge on any atom is 0.470 e. The summed E-state index contributed by atoms with van der Waals surface area (Å²) < 4.78 is 14.8. The van der Waals surface area contributed by atoms with Gasteiger partial charge < -0.3 is 20.0 Å². The number of aliphatic hydroxyl groups is 1. The van der Waals surface area contributed by atoms with Crippen molar-refractivity contribution in [3.63, 3.8) is 0 Å². The van der Waals surface area contributed by atoms with Crippen molar-refractivity contribution in [2.45, 2.75) is 25.4 Å². The molecule has 0 spiro atoms. The largest absolute Gasteiger partial charge is 0.481 e. The Morgan fingerprint density at radius 3 is 2.29 bits per heavy atom. The molecule has 8 heteroatoms. The zero-order valence-corrected chi connectivity index (χ0v) is 8.48. The molecule has 0 aliphatic carbocycles. The van der Waals surface area contributed by atoms with Gasteiger partial charge in [0.25, 0.3) is 0 Å². The van der Waals surface area contributed by atoms with Crippen LogP contribution >= 0.6 is 7.82 Å². The molecule has 1 unspecified atom stereocenters. The first kappa shape index (κ1) is 13.5. The van der Waals surface area contributed by atoms with Crippen molar-refractivity contribution in [2.75, 3.05) is 6.61 Å². The minimum atomic E-state index is -4.75. The van der Waals surface area contributed by atoms with Gasteiger partial charge in [0, 0.05) is 13.0 Å². The van der Waals surface area contributed by atoms with Crippen molar-refractivity contribution < 1.29 is 33.9 Å². The van der Waals surface area contributed by atoms with Crippen LogP contribution in [-0.4, -0.2) is 38.2 Å². The minimum absolute atomic E-state index is 0.162. The van der Waals surface area contributed by atoms with Crippen molar-refractivity contribution >= 4 is 13.8 Å². The van der Waals surface area contributed by atoms with Gasteiger partial charge in [-0.2, -0.15) is 0 Å². The first-order valence-corrected chi connectivity index (χ1v) is 5.30. The van der Waals surface area contributed by atoms with Gasteiger partial charge in [-0.25, -0.2) is 4.57 Å². The second-order valence-electron chi connectivity index (χ2n) is 3.08. The smallest absolute Gasteiger partial charge is 0.470 e. The van der Waals surface area contributed by atoms with Crippen molar-refractivity contribution in [3.8, 4) is 0 Å². The Morgan fingerprint density at radius 2 is 2.00 bits per heavy atom. The maximum atomic E-state index is 10.5. The van der Waals surface area contributed by atoms with Crippen molar-refractivity contribution in [1.29, 1.82) is 0 Å². The highest BCUT2D eigenvalue weighted by molar-refractivity contribution is 7.46. The van der Waals surface area contributed by atoms with Gasteiger partial charge in [0.05, 0.1) is 12.0 Å². The predicted octanol–water partition coefficient (Wildman–Crippen LogP) is -0.288. The number of aliphatic carboxylic acids is 1. The highest BCUT2D eigenvalue weighted by atomic mass is 31.2. The maximum absolute atomic E-state index is 10.5. The van der Waals surface area contributed by atoms with Crippen LogP contribution in [0.4, 0.5) is 0 Å². The third-order valence-corrected chi connectivity index (χ3v) is 2.18. The van der Waals surface area contributed by atoms with Gasteiger partial charge in [-0.05, 0) is 6.92 Å². The van der Waals surface area contributed by atoms with Gasteiger partial charge in [0.2, 0.25) is 0 Å². The molecule has 0 rings (SSSR count). The first-order valence-electron chi connectivity index (χ1n) is 3.77. The molecule has 0 aliphatic rings.